The fraction of sp³-hybridized carbons (Fsp3) is 0.533. The summed E-state index contributed by atoms with van der Waals surface area (Å²) in [5.41, 5.74) is 0.881. The van der Waals surface area contributed by atoms with Gasteiger partial charge in [0.25, 0.3) is 0 Å². The summed E-state index contributed by atoms with van der Waals surface area (Å²) in [6, 6.07) is 7.55. The molecule has 4 heteroatoms. The van der Waals surface area contributed by atoms with Crippen molar-refractivity contribution < 1.29 is 9.53 Å². The highest BCUT2D eigenvalue weighted by Crippen LogP contribution is 2.17. The van der Waals surface area contributed by atoms with Gasteiger partial charge in [0, 0.05) is 17.8 Å². The van der Waals surface area contributed by atoms with E-state index in [-0.39, 0.29) is 18.0 Å². The molecule has 2 N–H and O–H groups in total. The molecule has 1 rings (SSSR count). The topological polar surface area (TPSA) is 50.4 Å². The van der Waals surface area contributed by atoms with E-state index in [1.807, 2.05) is 31.2 Å². The van der Waals surface area contributed by atoms with Crippen molar-refractivity contribution in [1.29, 1.82) is 0 Å². The van der Waals surface area contributed by atoms with Gasteiger partial charge in [0.2, 0.25) is 5.91 Å². The highest BCUT2D eigenvalue weighted by Gasteiger charge is 2.15. The molecule has 0 saturated heterocycles. The monoisotopic (exact) mass is 264 g/mol. The van der Waals surface area contributed by atoms with Crippen LogP contribution in [0.2, 0.25) is 0 Å². The summed E-state index contributed by atoms with van der Waals surface area (Å²) < 4.78 is 5.16. The first-order valence-corrected chi connectivity index (χ1v) is 6.81. The highest BCUT2D eigenvalue weighted by atomic mass is 16.5. The van der Waals surface area contributed by atoms with Crippen molar-refractivity contribution in [3.05, 3.63) is 24.3 Å². The Morgan fingerprint density at radius 2 is 2.00 bits per heavy atom. The standard InChI is InChI=1S/C15H24N2O2/c1-5-12(6-2)17-15(18)11(3)16-13-8-7-9-14(10-13)19-4/h7-12,16H,5-6H2,1-4H3,(H,17,18). The molecule has 0 aliphatic carbocycles. The molecular weight excluding hydrogens is 240 g/mol. The van der Waals surface area contributed by atoms with Crippen molar-refractivity contribution in [3.8, 4) is 5.75 Å². The van der Waals surface area contributed by atoms with Crippen LogP contribution < -0.4 is 15.4 Å². The molecule has 0 radical (unpaired) electrons. The molecule has 1 atom stereocenters. The average Bonchev–Trinajstić information content (AvgIpc) is 2.44. The van der Waals surface area contributed by atoms with Crippen LogP contribution in [0.15, 0.2) is 24.3 Å². The Hall–Kier alpha value is -1.71. The Bertz CT molecular complexity index is 403. The van der Waals surface area contributed by atoms with E-state index in [9.17, 15) is 4.79 Å². The summed E-state index contributed by atoms with van der Waals surface area (Å²) >= 11 is 0. The summed E-state index contributed by atoms with van der Waals surface area (Å²) in [5.74, 6) is 0.800. The SMILES string of the molecule is CCC(CC)NC(=O)C(C)Nc1cccc(OC)c1. The third-order valence-electron chi connectivity index (χ3n) is 3.18. The molecule has 0 spiro atoms. The van der Waals surface area contributed by atoms with Crippen LogP contribution in [-0.4, -0.2) is 25.1 Å². The highest BCUT2D eigenvalue weighted by molar-refractivity contribution is 5.84. The van der Waals surface area contributed by atoms with Gasteiger partial charge < -0.3 is 15.4 Å². The van der Waals surface area contributed by atoms with Gasteiger partial charge in [-0.1, -0.05) is 19.9 Å². The van der Waals surface area contributed by atoms with Crippen LogP contribution in [0.5, 0.6) is 5.75 Å². The van der Waals surface area contributed by atoms with Gasteiger partial charge in [-0.05, 0) is 31.9 Å². The number of hydrogen-bond donors (Lipinski definition) is 2. The average molecular weight is 264 g/mol. The molecule has 19 heavy (non-hydrogen) atoms. The first kappa shape index (κ1) is 15.3. The number of carbonyl (C=O) groups is 1. The van der Waals surface area contributed by atoms with Gasteiger partial charge in [0.05, 0.1) is 7.11 Å². The quantitative estimate of drug-likeness (QED) is 0.796. The van der Waals surface area contributed by atoms with E-state index in [1.54, 1.807) is 7.11 Å². The lowest BCUT2D eigenvalue weighted by Gasteiger charge is -2.20. The first-order valence-electron chi connectivity index (χ1n) is 6.81. The summed E-state index contributed by atoms with van der Waals surface area (Å²) in [7, 11) is 1.63. The Morgan fingerprint density at radius 1 is 1.32 bits per heavy atom. The molecule has 1 aromatic carbocycles. The van der Waals surface area contributed by atoms with Crippen molar-refractivity contribution >= 4 is 11.6 Å². The van der Waals surface area contributed by atoms with Crippen LogP contribution in [0.1, 0.15) is 33.6 Å². The fourth-order valence-corrected chi connectivity index (χ4v) is 1.85. The number of nitrogens with one attached hydrogen (secondary N) is 2. The predicted octanol–water partition coefficient (Wildman–Crippen LogP) is 2.80. The van der Waals surface area contributed by atoms with Gasteiger partial charge in [0.15, 0.2) is 0 Å². The number of methoxy groups -OCH3 is 1. The Labute approximate surface area is 115 Å². The van der Waals surface area contributed by atoms with Crippen LogP contribution in [0, 0.1) is 0 Å². The smallest absolute Gasteiger partial charge is 0.242 e. The number of ether oxygens (including phenoxy) is 1. The molecule has 0 bridgehead atoms. The minimum absolute atomic E-state index is 0.0246. The van der Waals surface area contributed by atoms with E-state index < -0.39 is 0 Å². The normalized spacial score (nSPS) is 12.1. The van der Waals surface area contributed by atoms with Crippen molar-refractivity contribution in [3.63, 3.8) is 0 Å². The molecule has 106 valence electrons. The Balaban J connectivity index is 2.57. The lowest BCUT2D eigenvalue weighted by atomic mass is 10.1. The number of carbonyl (C=O) groups excluding carboxylic acids is 1. The third-order valence-corrected chi connectivity index (χ3v) is 3.18. The molecule has 1 aromatic rings. The summed E-state index contributed by atoms with van der Waals surface area (Å²) in [6.45, 7) is 6.01. The zero-order valence-corrected chi connectivity index (χ0v) is 12.2. The van der Waals surface area contributed by atoms with E-state index in [0.717, 1.165) is 24.3 Å². The first-order chi connectivity index (χ1) is 9.10. The molecule has 0 aromatic heterocycles. The molecule has 0 aliphatic heterocycles. The minimum atomic E-state index is -0.271. The lowest BCUT2D eigenvalue weighted by Crippen LogP contribution is -2.42. The molecule has 0 fully saturated rings. The van der Waals surface area contributed by atoms with Gasteiger partial charge in [-0.3, -0.25) is 4.79 Å². The van der Waals surface area contributed by atoms with E-state index >= 15 is 0 Å². The predicted molar refractivity (Wildman–Crippen MR) is 78.6 cm³/mol. The second kappa shape index (κ2) is 7.67. The Morgan fingerprint density at radius 3 is 2.58 bits per heavy atom. The second-order valence-corrected chi connectivity index (χ2v) is 4.62. The van der Waals surface area contributed by atoms with Gasteiger partial charge in [-0.15, -0.1) is 0 Å². The summed E-state index contributed by atoms with van der Waals surface area (Å²) in [4.78, 5) is 12.0. The van der Waals surface area contributed by atoms with E-state index in [4.69, 9.17) is 4.74 Å². The van der Waals surface area contributed by atoms with Crippen LogP contribution in [0.3, 0.4) is 0 Å². The largest absolute Gasteiger partial charge is 0.497 e. The molecule has 4 nitrogen and oxygen atoms in total. The number of rotatable bonds is 7. The second-order valence-electron chi connectivity index (χ2n) is 4.62. The Kier molecular flexibility index (Phi) is 6.19. The fourth-order valence-electron chi connectivity index (χ4n) is 1.85. The van der Waals surface area contributed by atoms with Crippen LogP contribution in [0.4, 0.5) is 5.69 Å². The van der Waals surface area contributed by atoms with Crippen LogP contribution in [0.25, 0.3) is 0 Å². The van der Waals surface area contributed by atoms with Crippen molar-refractivity contribution in [2.24, 2.45) is 0 Å². The number of amides is 1. The van der Waals surface area contributed by atoms with Crippen LogP contribution >= 0.6 is 0 Å². The van der Waals surface area contributed by atoms with Crippen LogP contribution in [-0.2, 0) is 4.79 Å². The maximum absolute atomic E-state index is 12.0. The molecular formula is C15H24N2O2. The number of hydrogen-bond acceptors (Lipinski definition) is 3. The van der Waals surface area contributed by atoms with E-state index in [0.29, 0.717) is 0 Å². The summed E-state index contributed by atoms with van der Waals surface area (Å²) in [6.07, 6.45) is 1.90. The number of anilines is 1. The zero-order valence-electron chi connectivity index (χ0n) is 12.2. The minimum Gasteiger partial charge on any atom is -0.497 e. The van der Waals surface area contributed by atoms with Crippen molar-refractivity contribution in [1.82, 2.24) is 5.32 Å². The third kappa shape index (κ3) is 4.81. The van der Waals surface area contributed by atoms with Gasteiger partial charge in [-0.2, -0.15) is 0 Å². The molecule has 1 unspecified atom stereocenters. The molecule has 0 heterocycles. The maximum atomic E-state index is 12.0. The van der Waals surface area contributed by atoms with E-state index in [2.05, 4.69) is 24.5 Å². The summed E-state index contributed by atoms with van der Waals surface area (Å²) in [5, 5.41) is 6.21. The van der Waals surface area contributed by atoms with Gasteiger partial charge in [-0.25, -0.2) is 0 Å². The molecule has 0 saturated carbocycles. The van der Waals surface area contributed by atoms with E-state index in [1.165, 1.54) is 0 Å². The zero-order chi connectivity index (χ0) is 14.3. The molecule has 1 amide bonds. The molecule has 0 aliphatic rings. The maximum Gasteiger partial charge on any atom is 0.242 e. The van der Waals surface area contributed by atoms with Crippen molar-refractivity contribution in [2.45, 2.75) is 45.7 Å². The van der Waals surface area contributed by atoms with Gasteiger partial charge in [0.1, 0.15) is 11.8 Å². The number of benzene rings is 1. The van der Waals surface area contributed by atoms with Crippen molar-refractivity contribution in [2.75, 3.05) is 12.4 Å². The van der Waals surface area contributed by atoms with Gasteiger partial charge >= 0.3 is 0 Å². The lowest BCUT2D eigenvalue weighted by molar-refractivity contribution is -0.122.